The van der Waals surface area contributed by atoms with Crippen molar-refractivity contribution in [2.75, 3.05) is 6.61 Å². The van der Waals surface area contributed by atoms with Crippen molar-refractivity contribution in [3.8, 4) is 16.9 Å². The summed E-state index contributed by atoms with van der Waals surface area (Å²) in [5, 5.41) is 0.808. The first kappa shape index (κ1) is 28.1. The maximum absolute atomic E-state index is 13.6. The Bertz CT molecular complexity index is 1780. The highest BCUT2D eigenvalue weighted by Gasteiger charge is 2.20. The number of para-hydroxylation sites is 1. The van der Waals surface area contributed by atoms with Gasteiger partial charge in [-0.25, -0.2) is 12.4 Å². The van der Waals surface area contributed by atoms with Crippen molar-refractivity contribution in [3.63, 3.8) is 0 Å². The summed E-state index contributed by atoms with van der Waals surface area (Å²) in [4.78, 5) is 12.1. The lowest BCUT2D eigenvalue weighted by Crippen LogP contribution is -2.14. The summed E-state index contributed by atoms with van der Waals surface area (Å²) in [7, 11) is -3.71. The molecule has 1 aromatic heterocycles. The van der Waals surface area contributed by atoms with Gasteiger partial charge in [-0.1, -0.05) is 66.7 Å². The molecule has 41 heavy (non-hydrogen) atoms. The molecule has 1 heterocycles. The standard InChI is InChI=1S/C33H32N2O5S/c1-2-39-33(36)20-28-12-6-7-14-32(28)40-22-26-18-30(27-13-8-11-25(17-27)21-34)29-15-16-35(31(29)19-26)41(37,38)23-24-9-4-3-5-10-24/h3-19H,2,20-23,34H2,1H3. The van der Waals surface area contributed by atoms with Crippen molar-refractivity contribution >= 4 is 26.9 Å². The second-order valence-electron chi connectivity index (χ2n) is 9.71. The van der Waals surface area contributed by atoms with Crippen LogP contribution in [0.2, 0.25) is 0 Å². The van der Waals surface area contributed by atoms with Crippen molar-refractivity contribution in [2.45, 2.75) is 32.2 Å². The molecule has 0 aliphatic carbocycles. The minimum Gasteiger partial charge on any atom is -0.489 e. The predicted molar refractivity (Wildman–Crippen MR) is 161 cm³/mol. The van der Waals surface area contributed by atoms with Crippen LogP contribution in [0.3, 0.4) is 0 Å². The van der Waals surface area contributed by atoms with E-state index in [1.165, 1.54) is 3.97 Å². The minimum atomic E-state index is -3.71. The van der Waals surface area contributed by atoms with Gasteiger partial charge in [0, 0.05) is 23.7 Å². The van der Waals surface area contributed by atoms with Crippen LogP contribution < -0.4 is 10.5 Å². The zero-order chi connectivity index (χ0) is 28.8. The van der Waals surface area contributed by atoms with E-state index in [1.54, 1.807) is 25.3 Å². The number of fused-ring (bicyclic) bond motifs is 1. The first-order valence-corrected chi connectivity index (χ1v) is 15.1. The third kappa shape index (κ3) is 6.51. The number of carbonyl (C=O) groups is 1. The number of benzene rings is 4. The summed E-state index contributed by atoms with van der Waals surface area (Å²) < 4.78 is 39.8. The molecular weight excluding hydrogens is 536 g/mol. The molecule has 210 valence electrons. The third-order valence-electron chi connectivity index (χ3n) is 6.80. The monoisotopic (exact) mass is 568 g/mol. The molecule has 0 unspecified atom stereocenters. The fourth-order valence-corrected chi connectivity index (χ4v) is 6.33. The summed E-state index contributed by atoms with van der Waals surface area (Å²) in [6.45, 7) is 2.64. The molecule has 5 rings (SSSR count). The quantitative estimate of drug-likeness (QED) is 0.201. The SMILES string of the molecule is CCOC(=O)Cc1ccccc1OCc1cc(-c2cccc(CN)c2)c2ccn(S(=O)(=O)Cc3ccccc3)c2c1. The maximum Gasteiger partial charge on any atom is 0.310 e. The molecule has 0 atom stereocenters. The van der Waals surface area contributed by atoms with Gasteiger partial charge in [-0.3, -0.25) is 4.79 Å². The number of esters is 1. The van der Waals surface area contributed by atoms with Gasteiger partial charge in [-0.05, 0) is 65.1 Å². The molecule has 5 aromatic rings. The molecule has 7 nitrogen and oxygen atoms in total. The molecule has 0 saturated heterocycles. The van der Waals surface area contributed by atoms with E-state index < -0.39 is 10.0 Å². The molecule has 4 aromatic carbocycles. The lowest BCUT2D eigenvalue weighted by atomic mass is 9.97. The molecule has 0 spiro atoms. The largest absolute Gasteiger partial charge is 0.489 e. The summed E-state index contributed by atoms with van der Waals surface area (Å²) in [5.74, 6) is 0.116. The average molecular weight is 569 g/mol. The number of rotatable bonds is 11. The molecular formula is C33H32N2O5S. The van der Waals surface area contributed by atoms with Gasteiger partial charge in [0.15, 0.2) is 0 Å². The second kappa shape index (κ2) is 12.4. The lowest BCUT2D eigenvalue weighted by molar-refractivity contribution is -0.142. The van der Waals surface area contributed by atoms with E-state index in [0.29, 0.717) is 30.0 Å². The van der Waals surface area contributed by atoms with Crippen LogP contribution in [0.4, 0.5) is 0 Å². The van der Waals surface area contributed by atoms with Crippen LogP contribution in [-0.4, -0.2) is 25.0 Å². The maximum atomic E-state index is 13.6. The first-order valence-electron chi connectivity index (χ1n) is 13.4. The summed E-state index contributed by atoms with van der Waals surface area (Å²) in [6, 6.07) is 30.1. The van der Waals surface area contributed by atoms with Crippen LogP contribution in [0.15, 0.2) is 103 Å². The highest BCUT2D eigenvalue weighted by Crippen LogP contribution is 2.33. The van der Waals surface area contributed by atoms with E-state index in [-0.39, 0.29) is 24.7 Å². The Balaban J connectivity index is 1.55. The molecule has 0 radical (unpaired) electrons. The fourth-order valence-electron chi connectivity index (χ4n) is 4.88. The third-order valence-corrected chi connectivity index (χ3v) is 8.42. The molecule has 0 bridgehead atoms. The number of hydrogen-bond acceptors (Lipinski definition) is 6. The van der Waals surface area contributed by atoms with Crippen LogP contribution in [0, 0.1) is 0 Å². The van der Waals surface area contributed by atoms with E-state index >= 15 is 0 Å². The fraction of sp³-hybridized carbons (Fsp3) is 0.182. The van der Waals surface area contributed by atoms with Gasteiger partial charge in [0.05, 0.1) is 24.3 Å². The molecule has 2 N–H and O–H groups in total. The van der Waals surface area contributed by atoms with Gasteiger partial charge >= 0.3 is 5.97 Å². The van der Waals surface area contributed by atoms with Gasteiger partial charge in [0.25, 0.3) is 0 Å². The van der Waals surface area contributed by atoms with Crippen LogP contribution in [0.25, 0.3) is 22.0 Å². The summed E-state index contributed by atoms with van der Waals surface area (Å²) in [6.07, 6.45) is 1.71. The average Bonchev–Trinajstić information content (AvgIpc) is 3.42. The Hall–Kier alpha value is -4.40. The Morgan fingerprint density at radius 3 is 2.39 bits per heavy atom. The van der Waals surface area contributed by atoms with E-state index in [9.17, 15) is 13.2 Å². The Morgan fingerprint density at radius 2 is 1.61 bits per heavy atom. The first-order chi connectivity index (χ1) is 19.9. The molecule has 8 heteroatoms. The van der Waals surface area contributed by atoms with Gasteiger partial charge in [-0.2, -0.15) is 0 Å². The highest BCUT2D eigenvalue weighted by molar-refractivity contribution is 7.89. The van der Waals surface area contributed by atoms with E-state index in [2.05, 4.69) is 0 Å². The van der Waals surface area contributed by atoms with Crippen molar-refractivity contribution in [2.24, 2.45) is 5.73 Å². The normalized spacial score (nSPS) is 11.5. The van der Waals surface area contributed by atoms with E-state index in [1.807, 2.05) is 84.9 Å². The second-order valence-corrected chi connectivity index (χ2v) is 11.6. The Morgan fingerprint density at radius 1 is 0.854 bits per heavy atom. The number of hydrogen-bond donors (Lipinski definition) is 1. The van der Waals surface area contributed by atoms with Crippen molar-refractivity contribution in [1.29, 1.82) is 0 Å². The van der Waals surface area contributed by atoms with Crippen molar-refractivity contribution < 1.29 is 22.7 Å². The number of ether oxygens (including phenoxy) is 2. The minimum absolute atomic E-state index is 0.0980. The van der Waals surface area contributed by atoms with Crippen LogP contribution in [-0.2, 0) is 44.9 Å². The number of nitrogens with two attached hydrogens (primary N) is 1. The van der Waals surface area contributed by atoms with E-state index in [4.69, 9.17) is 15.2 Å². The van der Waals surface area contributed by atoms with Crippen LogP contribution in [0.1, 0.15) is 29.2 Å². The van der Waals surface area contributed by atoms with Crippen molar-refractivity contribution in [1.82, 2.24) is 3.97 Å². The van der Waals surface area contributed by atoms with Gasteiger partial charge in [0.1, 0.15) is 12.4 Å². The van der Waals surface area contributed by atoms with Crippen LogP contribution >= 0.6 is 0 Å². The Kier molecular flexibility index (Phi) is 8.52. The Labute approximate surface area is 240 Å². The highest BCUT2D eigenvalue weighted by atomic mass is 32.2. The molecule has 0 aliphatic heterocycles. The molecule has 0 amide bonds. The predicted octanol–water partition coefficient (Wildman–Crippen LogP) is 5.83. The van der Waals surface area contributed by atoms with Crippen molar-refractivity contribution in [3.05, 3.63) is 126 Å². The van der Waals surface area contributed by atoms with Gasteiger partial charge in [0.2, 0.25) is 10.0 Å². The van der Waals surface area contributed by atoms with Gasteiger partial charge in [-0.15, -0.1) is 0 Å². The topological polar surface area (TPSA) is 101 Å². The lowest BCUT2D eigenvalue weighted by Gasteiger charge is -2.14. The molecule has 0 saturated carbocycles. The van der Waals surface area contributed by atoms with E-state index in [0.717, 1.165) is 33.2 Å². The molecule has 0 fully saturated rings. The van der Waals surface area contributed by atoms with Crippen LogP contribution in [0.5, 0.6) is 5.75 Å². The molecule has 0 aliphatic rings. The smallest absolute Gasteiger partial charge is 0.310 e. The number of nitrogens with zero attached hydrogens (tertiary/aromatic N) is 1. The summed E-state index contributed by atoms with van der Waals surface area (Å²) >= 11 is 0. The summed E-state index contributed by atoms with van der Waals surface area (Å²) in [5.41, 5.74) is 11.5. The number of carbonyl (C=O) groups excluding carboxylic acids is 1. The van der Waals surface area contributed by atoms with Gasteiger partial charge < -0.3 is 15.2 Å². The number of aromatic nitrogens is 1. The zero-order valence-electron chi connectivity index (χ0n) is 22.8. The zero-order valence-corrected chi connectivity index (χ0v) is 23.6.